The van der Waals surface area contributed by atoms with Gasteiger partial charge in [0.2, 0.25) is 0 Å². The van der Waals surface area contributed by atoms with Crippen molar-refractivity contribution in [1.82, 2.24) is 25.0 Å². The molecule has 130 valence electrons. The Balaban J connectivity index is 1.28. The van der Waals surface area contributed by atoms with Crippen LogP contribution in [0.3, 0.4) is 0 Å². The monoisotopic (exact) mass is 363 g/mol. The largest absolute Gasteiger partial charge is 0.352 e. The number of nitrogens with zero attached hydrogens (tertiary/aromatic N) is 7. The van der Waals surface area contributed by atoms with Crippen LogP contribution in [0.5, 0.6) is 0 Å². The summed E-state index contributed by atoms with van der Waals surface area (Å²) in [5.41, 5.74) is 1.08. The first kappa shape index (κ1) is 15.3. The van der Waals surface area contributed by atoms with Crippen LogP contribution in [0.4, 0.5) is 10.9 Å². The lowest BCUT2D eigenvalue weighted by molar-refractivity contribution is 0.641. The Morgan fingerprint density at radius 1 is 0.808 bits per heavy atom. The zero-order valence-electron chi connectivity index (χ0n) is 14.1. The molecule has 3 aromatic heterocycles. The standard InChI is InChI=1S/C18H17N7S/c1-2-5-15-14(4-1)20-18(26-15)24-12-10-23(11-13-24)16-6-7-17(22-21-16)25-9-3-8-19-25/h1-9H,10-13H2. The fourth-order valence-electron chi connectivity index (χ4n) is 3.14. The second kappa shape index (κ2) is 6.38. The summed E-state index contributed by atoms with van der Waals surface area (Å²) in [7, 11) is 0. The molecule has 1 fully saturated rings. The maximum atomic E-state index is 4.76. The van der Waals surface area contributed by atoms with Crippen LogP contribution < -0.4 is 9.80 Å². The molecule has 0 aliphatic carbocycles. The Morgan fingerprint density at radius 2 is 1.58 bits per heavy atom. The molecule has 0 saturated carbocycles. The number of rotatable bonds is 3. The summed E-state index contributed by atoms with van der Waals surface area (Å²) in [6.07, 6.45) is 3.59. The topological polar surface area (TPSA) is 63.0 Å². The summed E-state index contributed by atoms with van der Waals surface area (Å²) in [5, 5.41) is 13.9. The van der Waals surface area contributed by atoms with Crippen LogP contribution in [-0.4, -0.2) is 51.1 Å². The first-order valence-electron chi connectivity index (χ1n) is 8.56. The van der Waals surface area contributed by atoms with Gasteiger partial charge in [-0.05, 0) is 30.3 Å². The van der Waals surface area contributed by atoms with E-state index in [1.807, 2.05) is 30.5 Å². The van der Waals surface area contributed by atoms with Gasteiger partial charge in [0.1, 0.15) is 0 Å². The van der Waals surface area contributed by atoms with Gasteiger partial charge in [0.05, 0.1) is 10.2 Å². The van der Waals surface area contributed by atoms with Crippen molar-refractivity contribution in [2.24, 2.45) is 0 Å². The fraction of sp³-hybridized carbons (Fsp3) is 0.222. The summed E-state index contributed by atoms with van der Waals surface area (Å²) in [4.78, 5) is 9.38. The smallest absolute Gasteiger partial charge is 0.186 e. The Morgan fingerprint density at radius 3 is 2.31 bits per heavy atom. The van der Waals surface area contributed by atoms with E-state index in [0.717, 1.165) is 48.5 Å². The maximum absolute atomic E-state index is 4.76. The lowest BCUT2D eigenvalue weighted by Crippen LogP contribution is -2.46. The van der Waals surface area contributed by atoms with Gasteiger partial charge in [0.15, 0.2) is 16.8 Å². The predicted molar refractivity (Wildman–Crippen MR) is 103 cm³/mol. The van der Waals surface area contributed by atoms with Gasteiger partial charge in [0.25, 0.3) is 0 Å². The molecule has 0 amide bonds. The molecule has 0 N–H and O–H groups in total. The van der Waals surface area contributed by atoms with Crippen molar-refractivity contribution >= 4 is 32.5 Å². The minimum Gasteiger partial charge on any atom is -0.352 e. The number of benzene rings is 1. The summed E-state index contributed by atoms with van der Waals surface area (Å²) in [5.74, 6) is 1.64. The summed E-state index contributed by atoms with van der Waals surface area (Å²) in [6, 6.07) is 14.1. The maximum Gasteiger partial charge on any atom is 0.186 e. The van der Waals surface area contributed by atoms with E-state index in [1.165, 1.54) is 4.70 Å². The number of aromatic nitrogens is 5. The van der Waals surface area contributed by atoms with Crippen molar-refractivity contribution in [2.45, 2.75) is 0 Å². The van der Waals surface area contributed by atoms with Crippen LogP contribution in [0, 0.1) is 0 Å². The Labute approximate surface area is 154 Å². The third-order valence-electron chi connectivity index (χ3n) is 4.53. The number of thiazole rings is 1. The molecule has 1 saturated heterocycles. The van der Waals surface area contributed by atoms with Crippen LogP contribution in [0.2, 0.25) is 0 Å². The number of hydrogen-bond acceptors (Lipinski definition) is 7. The van der Waals surface area contributed by atoms with E-state index in [1.54, 1.807) is 22.2 Å². The first-order chi connectivity index (χ1) is 12.9. The van der Waals surface area contributed by atoms with E-state index in [-0.39, 0.29) is 0 Å². The molecule has 0 atom stereocenters. The number of anilines is 2. The number of hydrogen-bond donors (Lipinski definition) is 0. The quantitative estimate of drug-likeness (QED) is 0.558. The summed E-state index contributed by atoms with van der Waals surface area (Å²) < 4.78 is 2.95. The van der Waals surface area contributed by atoms with E-state index in [2.05, 4.69) is 43.3 Å². The fourth-order valence-corrected chi connectivity index (χ4v) is 4.15. The molecule has 1 aliphatic heterocycles. The van der Waals surface area contributed by atoms with Gasteiger partial charge in [-0.15, -0.1) is 10.2 Å². The van der Waals surface area contributed by atoms with E-state index in [0.29, 0.717) is 0 Å². The minimum absolute atomic E-state index is 0.729. The molecule has 1 aliphatic rings. The van der Waals surface area contributed by atoms with Gasteiger partial charge in [-0.25, -0.2) is 9.67 Å². The molecule has 1 aromatic carbocycles. The summed E-state index contributed by atoms with van der Waals surface area (Å²) in [6.45, 7) is 3.68. The molecule has 26 heavy (non-hydrogen) atoms. The zero-order valence-corrected chi connectivity index (χ0v) is 14.9. The van der Waals surface area contributed by atoms with Crippen molar-refractivity contribution in [2.75, 3.05) is 36.0 Å². The number of fused-ring (bicyclic) bond motifs is 1. The van der Waals surface area contributed by atoms with Crippen molar-refractivity contribution in [3.05, 3.63) is 54.9 Å². The Hall–Kier alpha value is -3.00. The van der Waals surface area contributed by atoms with Gasteiger partial charge < -0.3 is 9.80 Å². The van der Waals surface area contributed by atoms with E-state index in [9.17, 15) is 0 Å². The lowest BCUT2D eigenvalue weighted by atomic mass is 10.3. The van der Waals surface area contributed by atoms with Gasteiger partial charge in [-0.1, -0.05) is 23.5 Å². The molecule has 0 spiro atoms. The minimum atomic E-state index is 0.729. The molecule has 0 unspecified atom stereocenters. The molecule has 5 rings (SSSR count). The highest BCUT2D eigenvalue weighted by Gasteiger charge is 2.21. The third kappa shape index (κ3) is 2.78. The van der Waals surface area contributed by atoms with Crippen molar-refractivity contribution < 1.29 is 0 Å². The molecule has 7 nitrogen and oxygen atoms in total. The molecule has 8 heteroatoms. The average molecular weight is 363 g/mol. The molecule has 4 heterocycles. The van der Waals surface area contributed by atoms with E-state index in [4.69, 9.17) is 4.98 Å². The second-order valence-electron chi connectivity index (χ2n) is 6.14. The van der Waals surface area contributed by atoms with E-state index < -0.39 is 0 Å². The highest BCUT2D eigenvalue weighted by molar-refractivity contribution is 7.22. The second-order valence-corrected chi connectivity index (χ2v) is 7.15. The van der Waals surface area contributed by atoms with Crippen LogP contribution >= 0.6 is 11.3 Å². The average Bonchev–Trinajstić information content (AvgIpc) is 3.38. The zero-order chi connectivity index (χ0) is 17.3. The van der Waals surface area contributed by atoms with Gasteiger partial charge >= 0.3 is 0 Å². The number of piperazine rings is 1. The van der Waals surface area contributed by atoms with Crippen molar-refractivity contribution in [3.63, 3.8) is 0 Å². The van der Waals surface area contributed by atoms with Crippen LogP contribution in [0.1, 0.15) is 0 Å². The first-order valence-corrected chi connectivity index (χ1v) is 9.38. The Kier molecular flexibility index (Phi) is 3.75. The predicted octanol–water partition coefficient (Wildman–Crippen LogP) is 2.60. The summed E-state index contributed by atoms with van der Waals surface area (Å²) >= 11 is 1.76. The Bertz CT molecular complexity index is 969. The number of para-hydroxylation sites is 1. The normalized spacial score (nSPS) is 14.9. The third-order valence-corrected chi connectivity index (χ3v) is 5.63. The highest BCUT2D eigenvalue weighted by atomic mass is 32.1. The van der Waals surface area contributed by atoms with E-state index >= 15 is 0 Å². The van der Waals surface area contributed by atoms with Crippen LogP contribution in [0.15, 0.2) is 54.9 Å². The van der Waals surface area contributed by atoms with Gasteiger partial charge in [-0.3, -0.25) is 0 Å². The van der Waals surface area contributed by atoms with Crippen LogP contribution in [0.25, 0.3) is 16.0 Å². The lowest BCUT2D eigenvalue weighted by Gasteiger charge is -2.34. The van der Waals surface area contributed by atoms with Crippen molar-refractivity contribution in [3.8, 4) is 5.82 Å². The molecular weight excluding hydrogens is 346 g/mol. The van der Waals surface area contributed by atoms with Gasteiger partial charge in [-0.2, -0.15) is 5.10 Å². The van der Waals surface area contributed by atoms with Crippen LogP contribution in [-0.2, 0) is 0 Å². The van der Waals surface area contributed by atoms with Crippen molar-refractivity contribution in [1.29, 1.82) is 0 Å². The molecule has 0 bridgehead atoms. The molecule has 0 radical (unpaired) electrons. The SMILES string of the molecule is c1ccc2sc(N3CCN(c4ccc(-n5cccn5)nn4)CC3)nc2c1. The highest BCUT2D eigenvalue weighted by Crippen LogP contribution is 2.29. The molecule has 4 aromatic rings. The molecular formula is C18H17N7S. The van der Waals surface area contributed by atoms with Gasteiger partial charge in [0, 0.05) is 38.6 Å².